The molecule has 0 saturated heterocycles. The Hall–Kier alpha value is -0.650. The zero-order valence-electron chi connectivity index (χ0n) is 7.90. The van der Waals surface area contributed by atoms with Crippen LogP contribution in [0.2, 0.25) is 5.15 Å². The summed E-state index contributed by atoms with van der Waals surface area (Å²) < 4.78 is 0. The topological polar surface area (TPSA) is 53.4 Å². The van der Waals surface area contributed by atoms with Gasteiger partial charge in [0.05, 0.1) is 6.10 Å². The lowest BCUT2D eigenvalue weighted by Crippen LogP contribution is -2.26. The molecule has 0 aliphatic rings. The standard InChI is InChI=1S/C8H11ClN2O2S/c1-5(13)3-11(2)8-10-7(9)6(4-12)14-8/h4-5,13H,3H2,1-2H3. The summed E-state index contributed by atoms with van der Waals surface area (Å²) in [6.07, 6.45) is 0.238. The van der Waals surface area contributed by atoms with Crippen molar-refractivity contribution in [2.75, 3.05) is 18.5 Å². The average Bonchev–Trinajstić information content (AvgIpc) is 2.45. The molecule has 1 aromatic rings. The highest BCUT2D eigenvalue weighted by Gasteiger charge is 2.12. The first kappa shape index (κ1) is 11.4. The van der Waals surface area contributed by atoms with Gasteiger partial charge in [0.1, 0.15) is 4.88 Å². The fourth-order valence-corrected chi connectivity index (χ4v) is 2.05. The van der Waals surface area contributed by atoms with Crippen LogP contribution in [0.1, 0.15) is 16.6 Å². The second-order valence-corrected chi connectivity index (χ2v) is 4.37. The predicted molar refractivity (Wildman–Crippen MR) is 57.5 cm³/mol. The molecule has 0 spiro atoms. The molecule has 1 aromatic heterocycles. The van der Waals surface area contributed by atoms with Gasteiger partial charge in [-0.25, -0.2) is 4.98 Å². The lowest BCUT2D eigenvalue weighted by Gasteiger charge is -2.16. The molecule has 0 aliphatic carbocycles. The van der Waals surface area contributed by atoms with Gasteiger partial charge in [0.25, 0.3) is 0 Å². The molecule has 14 heavy (non-hydrogen) atoms. The van der Waals surface area contributed by atoms with Crippen molar-refractivity contribution in [3.63, 3.8) is 0 Å². The first-order valence-corrected chi connectivity index (χ1v) is 5.24. The molecule has 78 valence electrons. The van der Waals surface area contributed by atoms with Gasteiger partial charge < -0.3 is 10.0 Å². The summed E-state index contributed by atoms with van der Waals surface area (Å²) in [4.78, 5) is 16.7. The molecule has 0 aliphatic heterocycles. The number of carbonyl (C=O) groups excluding carboxylic acids is 1. The lowest BCUT2D eigenvalue weighted by atomic mass is 10.4. The first-order valence-electron chi connectivity index (χ1n) is 4.05. The van der Waals surface area contributed by atoms with Gasteiger partial charge in [-0.05, 0) is 6.92 Å². The molecule has 1 rings (SSSR count). The zero-order valence-corrected chi connectivity index (χ0v) is 9.47. The van der Waals surface area contributed by atoms with Gasteiger partial charge in [-0.2, -0.15) is 0 Å². The van der Waals surface area contributed by atoms with Crippen LogP contribution in [0.4, 0.5) is 5.13 Å². The number of halogens is 1. The predicted octanol–water partition coefficient (Wildman–Crippen LogP) is 1.43. The summed E-state index contributed by atoms with van der Waals surface area (Å²) in [6.45, 7) is 2.15. The third kappa shape index (κ3) is 2.67. The van der Waals surface area contributed by atoms with Crippen LogP contribution in [-0.4, -0.2) is 36.1 Å². The fraction of sp³-hybridized carbons (Fsp3) is 0.500. The minimum atomic E-state index is -0.442. The van der Waals surface area contributed by atoms with Crippen molar-refractivity contribution in [2.45, 2.75) is 13.0 Å². The molecule has 1 unspecified atom stereocenters. The van der Waals surface area contributed by atoms with E-state index in [1.807, 2.05) is 0 Å². The van der Waals surface area contributed by atoms with Crippen LogP contribution in [0.25, 0.3) is 0 Å². The van der Waals surface area contributed by atoms with Crippen LogP contribution in [-0.2, 0) is 0 Å². The van der Waals surface area contributed by atoms with Crippen molar-refractivity contribution in [2.24, 2.45) is 0 Å². The summed E-state index contributed by atoms with van der Waals surface area (Å²) in [5.74, 6) is 0. The Bertz CT molecular complexity index is 327. The van der Waals surface area contributed by atoms with Crippen molar-refractivity contribution in [3.05, 3.63) is 10.0 Å². The molecule has 0 bridgehead atoms. The van der Waals surface area contributed by atoms with E-state index in [-0.39, 0.29) is 5.15 Å². The minimum absolute atomic E-state index is 0.220. The molecule has 0 amide bonds. The summed E-state index contributed by atoms with van der Waals surface area (Å²) in [7, 11) is 1.79. The summed E-state index contributed by atoms with van der Waals surface area (Å²) in [5.41, 5.74) is 0. The van der Waals surface area contributed by atoms with Crippen LogP contribution in [0.5, 0.6) is 0 Å². The maximum absolute atomic E-state index is 10.5. The molecule has 0 saturated carbocycles. The van der Waals surface area contributed by atoms with Crippen molar-refractivity contribution < 1.29 is 9.90 Å². The third-order valence-corrected chi connectivity index (χ3v) is 3.07. The number of thiazole rings is 1. The quantitative estimate of drug-likeness (QED) is 0.801. The molecule has 4 nitrogen and oxygen atoms in total. The molecule has 0 fully saturated rings. The van der Waals surface area contributed by atoms with E-state index in [9.17, 15) is 4.79 Å². The highest BCUT2D eigenvalue weighted by Crippen LogP contribution is 2.27. The molecular weight excluding hydrogens is 224 g/mol. The number of anilines is 1. The molecule has 6 heteroatoms. The number of aldehydes is 1. The number of nitrogens with zero attached hydrogens (tertiary/aromatic N) is 2. The number of carbonyl (C=O) groups is 1. The zero-order chi connectivity index (χ0) is 10.7. The molecule has 1 atom stereocenters. The SMILES string of the molecule is CC(O)CN(C)c1nc(Cl)c(C=O)s1. The summed E-state index contributed by atoms with van der Waals surface area (Å²) in [5, 5.41) is 10.0. The van der Waals surface area contributed by atoms with Crippen LogP contribution < -0.4 is 4.90 Å². The number of hydrogen-bond acceptors (Lipinski definition) is 5. The van der Waals surface area contributed by atoms with Gasteiger partial charge in [0.2, 0.25) is 0 Å². The maximum Gasteiger partial charge on any atom is 0.187 e. The number of likely N-dealkylation sites (N-methyl/N-ethyl adjacent to an activating group) is 1. The number of hydrogen-bond donors (Lipinski definition) is 1. The summed E-state index contributed by atoms with van der Waals surface area (Å²) >= 11 is 6.92. The van der Waals surface area contributed by atoms with Crippen LogP contribution >= 0.6 is 22.9 Å². The Morgan fingerprint density at radius 1 is 1.79 bits per heavy atom. The van der Waals surface area contributed by atoms with E-state index < -0.39 is 6.10 Å². The number of rotatable bonds is 4. The highest BCUT2D eigenvalue weighted by molar-refractivity contribution is 7.17. The molecule has 0 radical (unpaired) electrons. The van der Waals surface area contributed by atoms with Crippen molar-refractivity contribution in [1.29, 1.82) is 0 Å². The van der Waals surface area contributed by atoms with Gasteiger partial charge in [0.15, 0.2) is 16.6 Å². The van der Waals surface area contributed by atoms with Gasteiger partial charge in [-0.3, -0.25) is 4.79 Å². The normalized spacial score (nSPS) is 12.6. The minimum Gasteiger partial charge on any atom is -0.392 e. The Balaban J connectivity index is 2.80. The van der Waals surface area contributed by atoms with Gasteiger partial charge in [-0.15, -0.1) is 0 Å². The maximum atomic E-state index is 10.5. The van der Waals surface area contributed by atoms with Crippen molar-refractivity contribution in [3.8, 4) is 0 Å². The monoisotopic (exact) mass is 234 g/mol. The summed E-state index contributed by atoms with van der Waals surface area (Å²) in [6, 6.07) is 0. The Kier molecular flexibility index (Phi) is 3.86. The Labute approximate surface area is 91.1 Å². The van der Waals surface area contributed by atoms with E-state index in [0.29, 0.717) is 22.8 Å². The van der Waals surface area contributed by atoms with Gasteiger partial charge in [-0.1, -0.05) is 22.9 Å². The number of aromatic nitrogens is 1. The second-order valence-electron chi connectivity index (χ2n) is 3.00. The van der Waals surface area contributed by atoms with Crippen LogP contribution in [0.15, 0.2) is 0 Å². The largest absolute Gasteiger partial charge is 0.392 e. The van der Waals surface area contributed by atoms with Crippen LogP contribution in [0, 0.1) is 0 Å². The van der Waals surface area contributed by atoms with E-state index in [2.05, 4.69) is 4.98 Å². The molecule has 0 aromatic carbocycles. The van der Waals surface area contributed by atoms with E-state index >= 15 is 0 Å². The fourth-order valence-electron chi connectivity index (χ4n) is 1.01. The Morgan fingerprint density at radius 3 is 2.86 bits per heavy atom. The van der Waals surface area contributed by atoms with E-state index in [1.165, 1.54) is 11.3 Å². The molecule has 1 N–H and O–H groups in total. The smallest absolute Gasteiger partial charge is 0.187 e. The number of aliphatic hydroxyl groups excluding tert-OH is 1. The van der Waals surface area contributed by atoms with Crippen LogP contribution in [0.3, 0.4) is 0 Å². The van der Waals surface area contributed by atoms with E-state index in [1.54, 1.807) is 18.9 Å². The highest BCUT2D eigenvalue weighted by atomic mass is 35.5. The molecular formula is C8H11ClN2O2S. The van der Waals surface area contributed by atoms with Gasteiger partial charge in [0, 0.05) is 13.6 Å². The van der Waals surface area contributed by atoms with E-state index in [0.717, 1.165) is 0 Å². The van der Waals surface area contributed by atoms with Crippen molar-refractivity contribution in [1.82, 2.24) is 4.98 Å². The second kappa shape index (κ2) is 4.72. The lowest BCUT2D eigenvalue weighted by molar-refractivity contribution is 0.112. The first-order chi connectivity index (χ1) is 6.54. The third-order valence-electron chi connectivity index (χ3n) is 1.57. The van der Waals surface area contributed by atoms with Gasteiger partial charge >= 0.3 is 0 Å². The van der Waals surface area contributed by atoms with Crippen molar-refractivity contribution >= 4 is 34.4 Å². The Morgan fingerprint density at radius 2 is 2.43 bits per heavy atom. The van der Waals surface area contributed by atoms with E-state index in [4.69, 9.17) is 16.7 Å². The molecule has 1 heterocycles. The average molecular weight is 235 g/mol. The number of aliphatic hydroxyl groups is 1.